The molecule has 0 unspecified atom stereocenters. The van der Waals surface area contributed by atoms with E-state index >= 15 is 0 Å². The van der Waals surface area contributed by atoms with Crippen molar-refractivity contribution < 1.29 is 28.6 Å². The number of anilines is 1. The lowest BCUT2D eigenvalue weighted by Crippen LogP contribution is -3.00. The zero-order valence-corrected chi connectivity index (χ0v) is 29.4. The first-order valence-electron chi connectivity index (χ1n) is 15.8. The van der Waals surface area contributed by atoms with Crippen LogP contribution >= 0.6 is 11.6 Å². The molecule has 5 rings (SSSR count). The largest absolute Gasteiger partial charge is 1.00 e. The predicted octanol–water partition coefficient (Wildman–Crippen LogP) is 7.51. The molecule has 2 aromatic carbocycles. The fourth-order valence-corrected chi connectivity index (χ4v) is 7.28. The minimum Gasteiger partial charge on any atom is -1.00 e. The van der Waals surface area contributed by atoms with Crippen molar-refractivity contribution in [3.63, 3.8) is 0 Å². The molecule has 0 N–H and O–H groups in total. The van der Waals surface area contributed by atoms with E-state index in [-0.39, 0.29) is 34.8 Å². The maximum absolute atomic E-state index is 7.17. The number of allylic oxidation sites excluding steroid dienone is 8. The standard InChI is InChI=1S/C38H48ClN2.HI/c1-7-9-26-40-32-20-13-11-18-30(32)37(3,4)34(40)24-22-28-16-15-17-29(36(28)39)23-25-35-38(5,6)31-19-12-14-21-33(31)41(35)27-10-8-2;/h11-14,18-25H,7-10,15-17,26-27H2,1-6H3;1H/q+1;/p-1. The fourth-order valence-electron chi connectivity index (χ4n) is 6.96. The summed E-state index contributed by atoms with van der Waals surface area (Å²) in [4.78, 5) is 2.54. The van der Waals surface area contributed by atoms with E-state index in [2.05, 4.69) is 124 Å². The van der Waals surface area contributed by atoms with E-state index in [4.69, 9.17) is 11.6 Å². The molecular weight excluding hydrogens is 647 g/mol. The van der Waals surface area contributed by atoms with Crippen LogP contribution in [0.3, 0.4) is 0 Å². The minimum atomic E-state index is -0.0311. The molecule has 42 heavy (non-hydrogen) atoms. The number of unbranched alkanes of at least 4 members (excludes halogenated alkanes) is 2. The maximum Gasteiger partial charge on any atom is 0.209 e. The van der Waals surface area contributed by atoms with Gasteiger partial charge in [0.25, 0.3) is 0 Å². The molecule has 1 aliphatic carbocycles. The number of fused-ring (bicyclic) bond motifs is 2. The van der Waals surface area contributed by atoms with Crippen LogP contribution in [0, 0.1) is 0 Å². The van der Waals surface area contributed by atoms with Crippen LogP contribution < -0.4 is 28.9 Å². The molecule has 2 aromatic rings. The van der Waals surface area contributed by atoms with E-state index in [0.717, 1.165) is 37.4 Å². The third-order valence-electron chi connectivity index (χ3n) is 9.41. The molecule has 2 aliphatic heterocycles. The third-order valence-corrected chi connectivity index (χ3v) is 9.90. The molecule has 224 valence electrons. The highest BCUT2D eigenvalue weighted by atomic mass is 127. The Balaban J connectivity index is 0.00000405. The lowest BCUT2D eigenvalue weighted by atomic mass is 9.81. The summed E-state index contributed by atoms with van der Waals surface area (Å²) in [5.41, 5.74) is 10.7. The van der Waals surface area contributed by atoms with Gasteiger partial charge in [0.15, 0.2) is 5.71 Å². The molecule has 0 amide bonds. The molecular formula is C38H48ClIN2. The van der Waals surface area contributed by atoms with Gasteiger partial charge in [-0.05, 0) is 68.4 Å². The molecule has 0 atom stereocenters. The fraction of sp³-hybridized carbons (Fsp3) is 0.447. The zero-order valence-electron chi connectivity index (χ0n) is 26.4. The smallest absolute Gasteiger partial charge is 0.209 e. The monoisotopic (exact) mass is 694 g/mol. The lowest BCUT2D eigenvalue weighted by molar-refractivity contribution is -0.438. The second-order valence-electron chi connectivity index (χ2n) is 12.9. The number of para-hydroxylation sites is 2. The molecule has 0 bridgehead atoms. The summed E-state index contributed by atoms with van der Waals surface area (Å²) in [5.74, 6) is 0. The molecule has 4 heteroatoms. The molecule has 0 fully saturated rings. The van der Waals surface area contributed by atoms with Crippen LogP contribution in [0.5, 0.6) is 0 Å². The van der Waals surface area contributed by atoms with E-state index in [1.165, 1.54) is 70.7 Å². The van der Waals surface area contributed by atoms with Gasteiger partial charge < -0.3 is 28.9 Å². The van der Waals surface area contributed by atoms with Gasteiger partial charge in [-0.2, -0.15) is 4.58 Å². The SMILES string of the molecule is CCCCN1/C(=C/C=C2\CCCC(/C=C/C3=[N+](CCCC)c4ccccc4C3(C)C)=C2Cl)C(C)(C)c2ccccc21.[I-]. The van der Waals surface area contributed by atoms with Crippen molar-refractivity contribution in [2.75, 3.05) is 18.0 Å². The Hall–Kier alpha value is -2.11. The molecule has 2 heterocycles. The van der Waals surface area contributed by atoms with Gasteiger partial charge in [-0.15, -0.1) is 0 Å². The van der Waals surface area contributed by atoms with Gasteiger partial charge in [0.05, 0.1) is 5.41 Å². The second kappa shape index (κ2) is 13.7. The Labute approximate surface area is 277 Å². The highest BCUT2D eigenvalue weighted by Crippen LogP contribution is 2.48. The quantitative estimate of drug-likeness (QED) is 0.195. The third kappa shape index (κ3) is 6.11. The van der Waals surface area contributed by atoms with Crippen molar-refractivity contribution in [2.45, 2.75) is 97.3 Å². The van der Waals surface area contributed by atoms with Gasteiger partial charge in [0.2, 0.25) is 5.69 Å². The van der Waals surface area contributed by atoms with Crippen LogP contribution in [0.15, 0.2) is 94.7 Å². The van der Waals surface area contributed by atoms with Crippen molar-refractivity contribution >= 4 is 28.7 Å². The van der Waals surface area contributed by atoms with E-state index in [0.29, 0.717) is 0 Å². The highest BCUT2D eigenvalue weighted by molar-refractivity contribution is 6.32. The van der Waals surface area contributed by atoms with E-state index in [1.54, 1.807) is 0 Å². The first-order valence-corrected chi connectivity index (χ1v) is 16.2. The normalized spacial score (nSPS) is 21.0. The number of rotatable bonds is 9. The minimum absolute atomic E-state index is 0. The van der Waals surface area contributed by atoms with Gasteiger partial charge >= 0.3 is 0 Å². The molecule has 0 saturated heterocycles. The molecule has 0 saturated carbocycles. The number of benzene rings is 2. The molecule has 3 aliphatic rings. The summed E-state index contributed by atoms with van der Waals surface area (Å²) in [6.45, 7) is 16.1. The molecule has 2 nitrogen and oxygen atoms in total. The van der Waals surface area contributed by atoms with Crippen LogP contribution in [0.25, 0.3) is 0 Å². The van der Waals surface area contributed by atoms with Crippen LogP contribution in [-0.4, -0.2) is 23.4 Å². The van der Waals surface area contributed by atoms with Gasteiger partial charge in [-0.1, -0.05) is 101 Å². The molecule has 0 aromatic heterocycles. The van der Waals surface area contributed by atoms with Crippen LogP contribution in [0.4, 0.5) is 11.4 Å². The first kappa shape index (κ1) is 32.8. The Morgan fingerprint density at radius 1 is 0.833 bits per heavy atom. The van der Waals surface area contributed by atoms with Crippen LogP contribution in [-0.2, 0) is 10.8 Å². The summed E-state index contributed by atoms with van der Waals surface area (Å²) in [7, 11) is 0. The topological polar surface area (TPSA) is 6.25 Å². The van der Waals surface area contributed by atoms with Gasteiger partial charge in [0.1, 0.15) is 6.54 Å². The van der Waals surface area contributed by atoms with E-state index < -0.39 is 0 Å². The van der Waals surface area contributed by atoms with Crippen LogP contribution in [0.1, 0.15) is 97.6 Å². The summed E-state index contributed by atoms with van der Waals surface area (Å²) >= 11 is 7.17. The Morgan fingerprint density at radius 2 is 1.52 bits per heavy atom. The predicted molar refractivity (Wildman–Crippen MR) is 178 cm³/mol. The average molecular weight is 695 g/mol. The van der Waals surface area contributed by atoms with Crippen molar-refractivity contribution in [3.05, 3.63) is 106 Å². The Kier molecular flexibility index (Phi) is 10.7. The van der Waals surface area contributed by atoms with Crippen molar-refractivity contribution in [1.29, 1.82) is 0 Å². The first-order chi connectivity index (χ1) is 19.7. The van der Waals surface area contributed by atoms with Crippen molar-refractivity contribution in [3.8, 4) is 0 Å². The van der Waals surface area contributed by atoms with Crippen molar-refractivity contribution in [2.24, 2.45) is 0 Å². The van der Waals surface area contributed by atoms with Crippen LogP contribution in [0.2, 0.25) is 0 Å². The number of halogens is 2. The summed E-state index contributed by atoms with van der Waals surface area (Å²) in [5, 5.41) is 0.937. The number of hydrogen-bond donors (Lipinski definition) is 0. The number of nitrogens with zero attached hydrogens (tertiary/aromatic N) is 2. The van der Waals surface area contributed by atoms with E-state index in [9.17, 15) is 0 Å². The van der Waals surface area contributed by atoms with Gasteiger partial charge in [0, 0.05) is 52.5 Å². The number of hydrogen-bond acceptors (Lipinski definition) is 1. The molecule has 0 radical (unpaired) electrons. The summed E-state index contributed by atoms with van der Waals surface area (Å²) in [6.07, 6.45) is 17.3. The highest BCUT2D eigenvalue weighted by Gasteiger charge is 2.44. The van der Waals surface area contributed by atoms with Gasteiger partial charge in [-0.3, -0.25) is 0 Å². The summed E-state index contributed by atoms with van der Waals surface area (Å²) in [6, 6.07) is 17.8. The van der Waals surface area contributed by atoms with Gasteiger partial charge in [-0.25, -0.2) is 0 Å². The average Bonchev–Trinajstić information content (AvgIpc) is 3.32. The summed E-state index contributed by atoms with van der Waals surface area (Å²) < 4.78 is 2.54. The maximum atomic E-state index is 7.17. The zero-order chi connectivity index (χ0) is 29.2. The molecule has 0 spiro atoms. The van der Waals surface area contributed by atoms with Crippen molar-refractivity contribution in [1.82, 2.24) is 0 Å². The second-order valence-corrected chi connectivity index (χ2v) is 13.3. The lowest BCUT2D eigenvalue weighted by Gasteiger charge is -2.27. The Morgan fingerprint density at radius 3 is 2.26 bits per heavy atom. The Bertz CT molecular complexity index is 1450. The van der Waals surface area contributed by atoms with E-state index in [1.807, 2.05) is 0 Å².